The van der Waals surface area contributed by atoms with Gasteiger partial charge in [-0.3, -0.25) is 19.9 Å². The van der Waals surface area contributed by atoms with E-state index in [9.17, 15) is 24.3 Å². The number of ether oxygens (including phenoxy) is 3. The van der Waals surface area contributed by atoms with Gasteiger partial charge in [-0.05, 0) is 68.0 Å². The van der Waals surface area contributed by atoms with Crippen LogP contribution >= 0.6 is 23.8 Å². The summed E-state index contributed by atoms with van der Waals surface area (Å²) in [5, 5.41) is 22.4. The molecule has 232 valence electrons. The molecule has 0 spiro atoms. The number of hydrogen-bond donors (Lipinski definition) is 5. The third kappa shape index (κ3) is 7.24. The molecule has 4 rings (SSSR count). The summed E-state index contributed by atoms with van der Waals surface area (Å²) in [7, 11) is 1.25. The van der Waals surface area contributed by atoms with Gasteiger partial charge in [0.25, 0.3) is 5.91 Å². The van der Waals surface area contributed by atoms with Crippen molar-refractivity contribution in [2.24, 2.45) is 11.0 Å². The van der Waals surface area contributed by atoms with Gasteiger partial charge in [0.2, 0.25) is 5.91 Å². The van der Waals surface area contributed by atoms with Crippen LogP contribution in [0, 0.1) is 5.92 Å². The van der Waals surface area contributed by atoms with Crippen molar-refractivity contribution in [3.8, 4) is 11.5 Å². The van der Waals surface area contributed by atoms with Gasteiger partial charge in [-0.15, -0.1) is 0 Å². The van der Waals surface area contributed by atoms with Crippen LogP contribution in [-0.4, -0.2) is 66.8 Å². The molecule has 44 heavy (non-hydrogen) atoms. The van der Waals surface area contributed by atoms with E-state index < -0.39 is 42.0 Å². The number of nitrogens with one attached hydrogen (secondary N) is 4. The molecule has 14 nitrogen and oxygen atoms in total. The number of aliphatic hydroxyl groups is 1. The zero-order valence-corrected chi connectivity index (χ0v) is 25.3. The Kier molecular flexibility index (Phi) is 10.4. The highest BCUT2D eigenvalue weighted by molar-refractivity contribution is 7.80. The lowest BCUT2D eigenvalue weighted by atomic mass is 9.95. The molecule has 4 amide bonds. The summed E-state index contributed by atoms with van der Waals surface area (Å²) < 4.78 is 16.3. The van der Waals surface area contributed by atoms with Gasteiger partial charge in [0.15, 0.2) is 28.8 Å². The fraction of sp³-hybridized carbons (Fsp3) is 0.286. The molecule has 2 aromatic carbocycles. The first-order valence-corrected chi connectivity index (χ1v) is 14.0. The highest BCUT2D eigenvalue weighted by Gasteiger charge is 2.38. The minimum atomic E-state index is -1.35. The Morgan fingerprint density at radius 3 is 2.57 bits per heavy atom. The molecular formula is C28H29ClN6O8S. The predicted molar refractivity (Wildman–Crippen MR) is 163 cm³/mol. The number of carbonyl (C=O) groups is 4. The Bertz CT molecular complexity index is 1530. The topological polar surface area (TPSA) is 180 Å². The number of methoxy groups -OCH3 is 1. The number of hydrogen-bond acceptors (Lipinski definition) is 11. The first-order chi connectivity index (χ1) is 21.0. The maximum Gasteiger partial charge on any atom is 0.337 e. The van der Waals surface area contributed by atoms with E-state index in [-0.39, 0.29) is 35.4 Å². The normalized spacial score (nSPS) is 19.2. The largest absolute Gasteiger partial charge is 0.490 e. The number of anilines is 1. The average molecular weight is 645 g/mol. The van der Waals surface area contributed by atoms with Crippen molar-refractivity contribution in [2.45, 2.75) is 26.1 Å². The molecule has 2 heterocycles. The van der Waals surface area contributed by atoms with E-state index in [1.54, 1.807) is 56.3 Å². The number of urea groups is 1. The van der Waals surface area contributed by atoms with Crippen molar-refractivity contribution < 1.29 is 38.5 Å². The first-order valence-electron chi connectivity index (χ1n) is 13.2. The standard InChI is InChI=1S/C28H29ClN6O8S/c1-4-42-20-11-15(23-22(26(39)41-3)14(2)31-27(40)32-23)5-10-19(20)43-13-21(36)34-30-12-18-24(37)33-28(44)35(25(18)38)17-8-6-16(29)7-9-17/h5-12,18,21,23,34,36H,4,13H2,1-3H3,(H2,31,32,40)(H,33,37,44)/b30-12-/t18-,21+,23+/m1/s1. The second kappa shape index (κ2) is 14.2. The van der Waals surface area contributed by atoms with E-state index in [1.165, 1.54) is 7.11 Å². The van der Waals surface area contributed by atoms with E-state index >= 15 is 0 Å². The monoisotopic (exact) mass is 644 g/mol. The maximum atomic E-state index is 13.0. The van der Waals surface area contributed by atoms with Crippen LogP contribution in [0.4, 0.5) is 10.5 Å². The van der Waals surface area contributed by atoms with Crippen molar-refractivity contribution in [3.05, 3.63) is 64.3 Å². The molecule has 0 bridgehead atoms. The molecule has 0 aromatic heterocycles. The second-order valence-electron chi connectivity index (χ2n) is 9.36. The summed E-state index contributed by atoms with van der Waals surface area (Å²) in [6.45, 7) is 3.33. The van der Waals surface area contributed by atoms with E-state index in [4.69, 9.17) is 38.0 Å². The Morgan fingerprint density at radius 1 is 1.16 bits per heavy atom. The molecule has 0 saturated carbocycles. The fourth-order valence-corrected chi connectivity index (χ4v) is 4.80. The van der Waals surface area contributed by atoms with Crippen molar-refractivity contribution in [1.82, 2.24) is 21.4 Å². The molecule has 3 atom stereocenters. The number of esters is 1. The molecular weight excluding hydrogens is 616 g/mol. The molecule has 5 N–H and O–H groups in total. The summed E-state index contributed by atoms with van der Waals surface area (Å²) in [6, 6.07) is 9.83. The van der Waals surface area contributed by atoms with Gasteiger partial charge in [-0.1, -0.05) is 17.7 Å². The number of benzene rings is 2. The van der Waals surface area contributed by atoms with Crippen LogP contribution in [0.1, 0.15) is 25.5 Å². The van der Waals surface area contributed by atoms with Gasteiger partial charge in [0.05, 0.1) is 31.0 Å². The molecule has 2 aliphatic rings. The van der Waals surface area contributed by atoms with E-state index in [1.807, 2.05) is 0 Å². The zero-order valence-electron chi connectivity index (χ0n) is 23.8. The van der Waals surface area contributed by atoms with Crippen LogP contribution in [0.5, 0.6) is 11.5 Å². The summed E-state index contributed by atoms with van der Waals surface area (Å²) >= 11 is 11.1. The predicted octanol–water partition coefficient (Wildman–Crippen LogP) is 1.88. The number of aliphatic hydroxyl groups excluding tert-OH is 1. The quantitative estimate of drug-likeness (QED) is 0.0605. The number of thiocarbonyl (C=S) groups is 1. The minimum absolute atomic E-state index is 0.0836. The van der Waals surface area contributed by atoms with Gasteiger partial charge in [-0.2, -0.15) is 5.10 Å². The molecule has 16 heteroatoms. The van der Waals surface area contributed by atoms with Crippen LogP contribution in [0.25, 0.3) is 0 Å². The third-order valence-electron chi connectivity index (χ3n) is 6.41. The third-order valence-corrected chi connectivity index (χ3v) is 6.94. The lowest BCUT2D eigenvalue weighted by Crippen LogP contribution is -2.58. The van der Waals surface area contributed by atoms with Gasteiger partial charge < -0.3 is 35.3 Å². The van der Waals surface area contributed by atoms with Crippen LogP contribution in [0.15, 0.2) is 58.8 Å². The van der Waals surface area contributed by atoms with E-state index in [0.29, 0.717) is 22.0 Å². The van der Waals surface area contributed by atoms with Crippen molar-refractivity contribution in [3.63, 3.8) is 0 Å². The fourth-order valence-electron chi connectivity index (χ4n) is 4.38. The number of amides is 4. The summed E-state index contributed by atoms with van der Waals surface area (Å²) in [5.74, 6) is -2.69. The van der Waals surface area contributed by atoms with Crippen LogP contribution in [-0.2, 0) is 19.1 Å². The van der Waals surface area contributed by atoms with Crippen molar-refractivity contribution in [1.29, 1.82) is 0 Å². The molecule has 1 fully saturated rings. The van der Waals surface area contributed by atoms with E-state index in [0.717, 1.165) is 11.1 Å². The lowest BCUT2D eigenvalue weighted by molar-refractivity contribution is -0.136. The number of hydrazone groups is 1. The number of nitrogens with zero attached hydrogens (tertiary/aromatic N) is 2. The molecule has 0 radical (unpaired) electrons. The van der Waals surface area contributed by atoms with Crippen LogP contribution in [0.2, 0.25) is 5.02 Å². The number of halogens is 1. The SMILES string of the molecule is CCOc1cc([C@@H]2NC(=O)NC(C)=C2C(=O)OC)ccc1OC[C@H](O)N/N=C\[C@@H]1C(=O)NC(=S)N(c2ccc(Cl)cc2)C1=O. The van der Waals surface area contributed by atoms with Crippen LogP contribution < -0.4 is 35.7 Å². The van der Waals surface area contributed by atoms with Crippen LogP contribution in [0.3, 0.4) is 0 Å². The molecule has 0 unspecified atom stereocenters. The van der Waals surface area contributed by atoms with Crippen molar-refractivity contribution >= 4 is 64.6 Å². The molecule has 2 aliphatic heterocycles. The Hall–Kier alpha value is -4.73. The zero-order chi connectivity index (χ0) is 32.0. The van der Waals surface area contributed by atoms with Gasteiger partial charge in [0, 0.05) is 16.9 Å². The first kappa shape index (κ1) is 32.2. The number of rotatable bonds is 11. The van der Waals surface area contributed by atoms with Gasteiger partial charge >= 0.3 is 12.0 Å². The molecule has 1 saturated heterocycles. The summed E-state index contributed by atoms with van der Waals surface area (Å²) in [6.07, 6.45) is -0.302. The van der Waals surface area contributed by atoms with Gasteiger partial charge in [0.1, 0.15) is 6.61 Å². The lowest BCUT2D eigenvalue weighted by Gasteiger charge is -2.30. The Morgan fingerprint density at radius 2 is 1.89 bits per heavy atom. The summed E-state index contributed by atoms with van der Waals surface area (Å²) in [4.78, 5) is 51.2. The summed E-state index contributed by atoms with van der Waals surface area (Å²) in [5.41, 5.74) is 3.93. The number of carbonyl (C=O) groups excluding carboxylic acids is 4. The number of allylic oxidation sites excluding steroid dienone is 1. The maximum absolute atomic E-state index is 13.0. The van der Waals surface area contributed by atoms with E-state index in [2.05, 4.69) is 26.5 Å². The highest BCUT2D eigenvalue weighted by atomic mass is 35.5. The second-order valence-corrected chi connectivity index (χ2v) is 10.2. The Labute approximate surface area is 262 Å². The Balaban J connectivity index is 1.41. The minimum Gasteiger partial charge on any atom is -0.490 e. The van der Waals surface area contributed by atoms with Crippen molar-refractivity contribution in [2.75, 3.05) is 25.2 Å². The average Bonchev–Trinajstić information content (AvgIpc) is 2.98. The smallest absolute Gasteiger partial charge is 0.337 e. The highest BCUT2D eigenvalue weighted by Crippen LogP contribution is 2.35. The van der Waals surface area contributed by atoms with Gasteiger partial charge in [-0.25, -0.2) is 9.59 Å². The molecule has 0 aliphatic carbocycles. The molecule has 2 aromatic rings.